The van der Waals surface area contributed by atoms with Gasteiger partial charge < -0.3 is 5.32 Å². The summed E-state index contributed by atoms with van der Waals surface area (Å²) in [6.45, 7) is 3.36. The highest BCUT2D eigenvalue weighted by Crippen LogP contribution is 2.39. The fourth-order valence-electron chi connectivity index (χ4n) is 4.02. The normalized spacial score (nSPS) is 17.7. The van der Waals surface area contributed by atoms with Gasteiger partial charge in [-0.25, -0.2) is 0 Å². The molecule has 1 saturated heterocycles. The van der Waals surface area contributed by atoms with Gasteiger partial charge in [0.2, 0.25) is 0 Å². The Labute approximate surface area is 167 Å². The van der Waals surface area contributed by atoms with E-state index < -0.39 is 0 Å². The van der Waals surface area contributed by atoms with Crippen LogP contribution < -0.4 is 5.32 Å². The van der Waals surface area contributed by atoms with E-state index in [1.54, 1.807) is 0 Å². The highest BCUT2D eigenvalue weighted by Gasteiger charge is 2.24. The largest absolute Gasteiger partial charge is 0.313 e. The molecule has 2 heterocycles. The molecule has 2 aliphatic rings. The molecule has 1 N–H and O–H groups in total. The second kappa shape index (κ2) is 8.24. The summed E-state index contributed by atoms with van der Waals surface area (Å²) in [7, 11) is 0. The Morgan fingerprint density at radius 3 is 2.54 bits per heavy atom. The van der Waals surface area contributed by atoms with Crippen molar-refractivity contribution < 1.29 is 4.79 Å². The molecule has 5 heteroatoms. The van der Waals surface area contributed by atoms with E-state index in [4.69, 9.17) is 0 Å². The van der Waals surface area contributed by atoms with Crippen molar-refractivity contribution >= 4 is 38.2 Å². The van der Waals surface area contributed by atoms with Crippen LogP contribution in [0, 0.1) is 0 Å². The van der Waals surface area contributed by atoms with Crippen LogP contribution in [-0.4, -0.2) is 23.9 Å². The maximum Gasteiger partial charge on any atom is 0.256 e. The minimum atomic E-state index is -0.00371. The summed E-state index contributed by atoms with van der Waals surface area (Å²) >= 11 is 5.24. The van der Waals surface area contributed by atoms with Gasteiger partial charge in [0.05, 0.1) is 0 Å². The average Bonchev–Trinajstić information content (AvgIpc) is 3.00. The number of carbonyl (C=O) groups excluding carboxylic acids is 1. The van der Waals surface area contributed by atoms with Crippen molar-refractivity contribution in [3.05, 3.63) is 50.3 Å². The van der Waals surface area contributed by atoms with Gasteiger partial charge in [-0.2, -0.15) is 0 Å². The lowest BCUT2D eigenvalue weighted by molar-refractivity contribution is 0.102. The number of halogens is 1. The first-order valence-electron chi connectivity index (χ1n) is 9.63. The molecule has 1 amide bonds. The first kappa shape index (κ1) is 18.2. The van der Waals surface area contributed by atoms with Crippen LogP contribution in [0.15, 0.2) is 28.7 Å². The van der Waals surface area contributed by atoms with E-state index in [-0.39, 0.29) is 5.91 Å². The predicted molar refractivity (Wildman–Crippen MR) is 112 cm³/mol. The molecule has 0 saturated carbocycles. The summed E-state index contributed by atoms with van der Waals surface area (Å²) in [6, 6.07) is 7.58. The van der Waals surface area contributed by atoms with Crippen LogP contribution in [0.2, 0.25) is 0 Å². The lowest BCUT2D eigenvalue weighted by Gasteiger charge is -2.27. The fraction of sp³-hybridized carbons (Fsp3) is 0.476. The molecule has 1 fully saturated rings. The number of carbonyl (C=O) groups is 1. The van der Waals surface area contributed by atoms with Crippen LogP contribution in [0.3, 0.4) is 0 Å². The van der Waals surface area contributed by atoms with Gasteiger partial charge in [0.25, 0.3) is 5.91 Å². The summed E-state index contributed by atoms with van der Waals surface area (Å²) in [5.41, 5.74) is 3.62. The lowest BCUT2D eigenvalue weighted by atomic mass is 9.95. The number of hydrogen-bond donors (Lipinski definition) is 1. The maximum atomic E-state index is 12.7. The Morgan fingerprint density at radius 1 is 1.04 bits per heavy atom. The van der Waals surface area contributed by atoms with Crippen molar-refractivity contribution in [1.29, 1.82) is 0 Å². The zero-order valence-electron chi connectivity index (χ0n) is 15.0. The van der Waals surface area contributed by atoms with E-state index in [1.165, 1.54) is 74.0 Å². The molecule has 1 aromatic heterocycles. The summed E-state index contributed by atoms with van der Waals surface area (Å²) < 4.78 is 0.992. The smallest absolute Gasteiger partial charge is 0.256 e. The average molecular weight is 433 g/mol. The van der Waals surface area contributed by atoms with Crippen LogP contribution >= 0.6 is 27.3 Å². The van der Waals surface area contributed by atoms with Gasteiger partial charge in [-0.3, -0.25) is 9.69 Å². The van der Waals surface area contributed by atoms with Gasteiger partial charge in [-0.1, -0.05) is 22.4 Å². The molecule has 0 unspecified atom stereocenters. The van der Waals surface area contributed by atoms with Gasteiger partial charge in [0.15, 0.2) is 0 Å². The molecule has 138 valence electrons. The molecular weight excluding hydrogens is 408 g/mol. The Hall–Kier alpha value is -1.17. The first-order valence-corrected chi connectivity index (χ1v) is 11.2. The Bertz CT molecular complexity index is 778. The molecular formula is C21H25BrN2OS. The molecule has 3 nitrogen and oxygen atoms in total. The number of rotatable bonds is 4. The summed E-state index contributed by atoms with van der Waals surface area (Å²) in [4.78, 5) is 16.8. The number of aryl methyl sites for hydroxylation is 1. The molecule has 4 rings (SSSR count). The van der Waals surface area contributed by atoms with Gasteiger partial charge in [-0.05, 0) is 81.4 Å². The number of benzene rings is 1. The SMILES string of the molecule is O=C(Nc1sc2c(c1CN1CCCCC1)CCCC2)c1ccc(Br)cc1. The van der Waals surface area contributed by atoms with Gasteiger partial charge in [0, 0.05) is 27.0 Å². The quantitative estimate of drug-likeness (QED) is 0.678. The number of hydrogen-bond acceptors (Lipinski definition) is 3. The van der Waals surface area contributed by atoms with E-state index >= 15 is 0 Å². The number of nitrogens with one attached hydrogen (secondary N) is 1. The first-order chi connectivity index (χ1) is 12.7. The van der Waals surface area contributed by atoms with Crippen molar-refractivity contribution in [2.45, 2.75) is 51.5 Å². The van der Waals surface area contributed by atoms with Crippen LogP contribution in [0.1, 0.15) is 58.5 Å². The molecule has 0 radical (unpaired) electrons. The molecule has 1 aromatic carbocycles. The zero-order chi connectivity index (χ0) is 17.9. The third-order valence-electron chi connectivity index (χ3n) is 5.44. The Balaban J connectivity index is 1.58. The number of fused-ring (bicyclic) bond motifs is 1. The molecule has 1 aliphatic heterocycles. The molecule has 0 atom stereocenters. The van der Waals surface area contributed by atoms with Gasteiger partial charge >= 0.3 is 0 Å². The number of nitrogens with zero attached hydrogens (tertiary/aromatic N) is 1. The second-order valence-electron chi connectivity index (χ2n) is 7.32. The fourth-order valence-corrected chi connectivity index (χ4v) is 5.58. The molecule has 0 spiro atoms. The van der Waals surface area contributed by atoms with E-state index in [1.807, 2.05) is 35.6 Å². The number of amides is 1. The third-order valence-corrected chi connectivity index (χ3v) is 7.22. The molecule has 26 heavy (non-hydrogen) atoms. The summed E-state index contributed by atoms with van der Waals surface area (Å²) in [5, 5.41) is 4.31. The van der Waals surface area contributed by atoms with Crippen molar-refractivity contribution in [2.75, 3.05) is 18.4 Å². The summed E-state index contributed by atoms with van der Waals surface area (Å²) in [5.74, 6) is -0.00371. The van der Waals surface area contributed by atoms with E-state index in [0.29, 0.717) is 5.56 Å². The lowest BCUT2D eigenvalue weighted by Crippen LogP contribution is -2.29. The number of likely N-dealkylation sites (tertiary alicyclic amines) is 1. The van der Waals surface area contributed by atoms with Crippen molar-refractivity contribution in [3.8, 4) is 0 Å². The van der Waals surface area contributed by atoms with Crippen molar-refractivity contribution in [2.24, 2.45) is 0 Å². The van der Waals surface area contributed by atoms with E-state index in [9.17, 15) is 4.79 Å². The second-order valence-corrected chi connectivity index (χ2v) is 9.34. The van der Waals surface area contributed by atoms with Gasteiger partial charge in [0.1, 0.15) is 5.00 Å². The van der Waals surface area contributed by atoms with Gasteiger partial charge in [-0.15, -0.1) is 11.3 Å². The Kier molecular flexibility index (Phi) is 5.77. The highest BCUT2D eigenvalue weighted by molar-refractivity contribution is 9.10. The standard InChI is InChI=1S/C21H25BrN2OS/c22-16-10-8-15(9-11-16)20(25)23-21-18(14-24-12-4-1-5-13-24)17-6-2-3-7-19(17)26-21/h8-11H,1-7,12-14H2,(H,23,25). The molecule has 0 bridgehead atoms. The van der Waals surface area contributed by atoms with E-state index in [0.717, 1.165) is 16.0 Å². The van der Waals surface area contributed by atoms with Crippen LogP contribution in [0.25, 0.3) is 0 Å². The minimum absolute atomic E-state index is 0.00371. The van der Waals surface area contributed by atoms with E-state index in [2.05, 4.69) is 26.1 Å². The summed E-state index contributed by atoms with van der Waals surface area (Å²) in [6.07, 6.45) is 8.84. The van der Waals surface area contributed by atoms with Crippen LogP contribution in [0.5, 0.6) is 0 Å². The minimum Gasteiger partial charge on any atom is -0.313 e. The predicted octanol–water partition coefficient (Wildman–Crippen LogP) is 5.63. The Morgan fingerprint density at radius 2 is 1.77 bits per heavy atom. The third kappa shape index (κ3) is 4.05. The molecule has 1 aliphatic carbocycles. The van der Waals surface area contributed by atoms with Crippen molar-refractivity contribution in [3.63, 3.8) is 0 Å². The number of anilines is 1. The molecule has 2 aromatic rings. The number of thiophene rings is 1. The van der Waals surface area contributed by atoms with Crippen molar-refractivity contribution in [1.82, 2.24) is 4.90 Å². The highest BCUT2D eigenvalue weighted by atomic mass is 79.9. The number of piperidine rings is 1. The van der Waals surface area contributed by atoms with Crippen LogP contribution in [-0.2, 0) is 19.4 Å². The topological polar surface area (TPSA) is 32.3 Å². The monoisotopic (exact) mass is 432 g/mol. The van der Waals surface area contributed by atoms with Crippen LogP contribution in [0.4, 0.5) is 5.00 Å². The maximum absolute atomic E-state index is 12.7. The zero-order valence-corrected chi connectivity index (χ0v) is 17.4.